The maximum absolute atomic E-state index is 13.5. The number of anilines is 2. The zero-order valence-electron chi connectivity index (χ0n) is 10.7. The topological polar surface area (TPSA) is 55.1 Å². The largest absolute Gasteiger partial charge is 0.397 e. The van der Waals surface area contributed by atoms with Crippen molar-refractivity contribution in [2.45, 2.75) is 12.8 Å². The van der Waals surface area contributed by atoms with E-state index in [1.165, 1.54) is 0 Å². The van der Waals surface area contributed by atoms with E-state index in [0.29, 0.717) is 12.5 Å². The van der Waals surface area contributed by atoms with Gasteiger partial charge in [-0.1, -0.05) is 30.3 Å². The number of carbonyl (C=O) groups excluding carboxylic acids is 1. The summed E-state index contributed by atoms with van der Waals surface area (Å²) in [6, 6.07) is 11.1. The molecule has 0 radical (unpaired) electrons. The van der Waals surface area contributed by atoms with Crippen LogP contribution in [0.4, 0.5) is 20.2 Å². The molecule has 3 N–H and O–H groups in total. The van der Waals surface area contributed by atoms with Crippen molar-refractivity contribution in [3.8, 4) is 0 Å². The standard InChI is InChI=1S/C15H14F2N2O/c16-11-8-12(17)15(13(18)9-11)19-14(20)7-6-10-4-2-1-3-5-10/h1-5,8-9H,6-7,18H2,(H,19,20). The van der Waals surface area contributed by atoms with E-state index < -0.39 is 11.6 Å². The molecule has 0 aliphatic heterocycles. The fourth-order valence-electron chi connectivity index (χ4n) is 1.83. The highest BCUT2D eigenvalue weighted by Gasteiger charge is 2.12. The molecule has 3 nitrogen and oxygen atoms in total. The van der Waals surface area contributed by atoms with E-state index >= 15 is 0 Å². The van der Waals surface area contributed by atoms with Crippen molar-refractivity contribution in [2.24, 2.45) is 0 Å². The molecule has 0 spiro atoms. The van der Waals surface area contributed by atoms with Crippen LogP contribution in [-0.4, -0.2) is 5.91 Å². The Balaban J connectivity index is 1.98. The smallest absolute Gasteiger partial charge is 0.224 e. The fourth-order valence-corrected chi connectivity index (χ4v) is 1.83. The molecule has 0 unspecified atom stereocenters. The van der Waals surface area contributed by atoms with Crippen molar-refractivity contribution in [3.05, 3.63) is 59.7 Å². The van der Waals surface area contributed by atoms with Crippen molar-refractivity contribution in [1.29, 1.82) is 0 Å². The van der Waals surface area contributed by atoms with Gasteiger partial charge < -0.3 is 11.1 Å². The van der Waals surface area contributed by atoms with E-state index in [4.69, 9.17) is 5.73 Å². The van der Waals surface area contributed by atoms with Crippen LogP contribution in [0.1, 0.15) is 12.0 Å². The molecular weight excluding hydrogens is 262 g/mol. The van der Waals surface area contributed by atoms with Crippen LogP contribution in [-0.2, 0) is 11.2 Å². The van der Waals surface area contributed by atoms with Gasteiger partial charge in [-0.05, 0) is 18.1 Å². The number of carbonyl (C=O) groups is 1. The number of nitrogens with one attached hydrogen (secondary N) is 1. The Labute approximate surface area is 115 Å². The van der Waals surface area contributed by atoms with E-state index in [0.717, 1.165) is 11.6 Å². The Kier molecular flexibility index (Phi) is 4.30. The number of nitrogen functional groups attached to an aromatic ring is 1. The van der Waals surface area contributed by atoms with Gasteiger partial charge in [-0.25, -0.2) is 8.78 Å². The van der Waals surface area contributed by atoms with Gasteiger partial charge in [0.2, 0.25) is 5.91 Å². The van der Waals surface area contributed by atoms with Crippen LogP contribution < -0.4 is 11.1 Å². The molecule has 0 aromatic heterocycles. The molecule has 2 rings (SSSR count). The minimum atomic E-state index is -0.879. The molecule has 0 fully saturated rings. The quantitative estimate of drug-likeness (QED) is 0.843. The second-order valence-electron chi connectivity index (χ2n) is 4.39. The number of aryl methyl sites for hydroxylation is 1. The summed E-state index contributed by atoms with van der Waals surface area (Å²) in [4.78, 5) is 11.7. The number of amides is 1. The molecular formula is C15H14F2N2O. The van der Waals surface area contributed by atoms with Gasteiger partial charge in [-0.3, -0.25) is 4.79 Å². The molecule has 1 amide bonds. The van der Waals surface area contributed by atoms with E-state index in [2.05, 4.69) is 5.32 Å². The van der Waals surface area contributed by atoms with E-state index in [9.17, 15) is 13.6 Å². The summed E-state index contributed by atoms with van der Waals surface area (Å²) in [6.45, 7) is 0. The lowest BCUT2D eigenvalue weighted by atomic mass is 10.1. The lowest BCUT2D eigenvalue weighted by molar-refractivity contribution is -0.116. The lowest BCUT2D eigenvalue weighted by Crippen LogP contribution is -2.15. The minimum Gasteiger partial charge on any atom is -0.397 e. The van der Waals surface area contributed by atoms with Gasteiger partial charge >= 0.3 is 0 Å². The zero-order valence-corrected chi connectivity index (χ0v) is 10.7. The molecule has 2 aromatic carbocycles. The van der Waals surface area contributed by atoms with Gasteiger partial charge in [-0.15, -0.1) is 0 Å². The fraction of sp³-hybridized carbons (Fsp3) is 0.133. The second kappa shape index (κ2) is 6.14. The highest BCUT2D eigenvalue weighted by Crippen LogP contribution is 2.24. The number of halogens is 2. The monoisotopic (exact) mass is 276 g/mol. The van der Waals surface area contributed by atoms with Crippen LogP contribution in [0.5, 0.6) is 0 Å². The average Bonchev–Trinajstić information content (AvgIpc) is 2.42. The SMILES string of the molecule is Nc1cc(F)cc(F)c1NC(=O)CCc1ccccc1. The maximum Gasteiger partial charge on any atom is 0.224 e. The first-order chi connectivity index (χ1) is 9.56. The molecule has 0 saturated carbocycles. The van der Waals surface area contributed by atoms with E-state index in [1.54, 1.807) is 0 Å². The first-order valence-electron chi connectivity index (χ1n) is 6.14. The second-order valence-corrected chi connectivity index (χ2v) is 4.39. The van der Waals surface area contributed by atoms with Crippen LogP contribution in [0.3, 0.4) is 0 Å². The third-order valence-corrected chi connectivity index (χ3v) is 2.83. The Bertz CT molecular complexity index is 592. The third kappa shape index (κ3) is 3.54. The summed E-state index contributed by atoms with van der Waals surface area (Å²) in [5.74, 6) is -2.02. The van der Waals surface area contributed by atoms with Gasteiger partial charge in [0.1, 0.15) is 11.5 Å². The van der Waals surface area contributed by atoms with Crippen LogP contribution in [0.2, 0.25) is 0 Å². The molecule has 0 saturated heterocycles. The maximum atomic E-state index is 13.5. The summed E-state index contributed by atoms with van der Waals surface area (Å²) in [5, 5.41) is 2.37. The Morgan fingerprint density at radius 3 is 2.50 bits per heavy atom. The predicted octanol–water partition coefficient (Wildman–Crippen LogP) is 3.12. The summed E-state index contributed by atoms with van der Waals surface area (Å²) in [5.41, 5.74) is 6.19. The molecule has 0 atom stereocenters. The summed E-state index contributed by atoms with van der Waals surface area (Å²) in [6.07, 6.45) is 0.732. The van der Waals surface area contributed by atoms with Gasteiger partial charge in [-0.2, -0.15) is 0 Å². The molecule has 0 aliphatic rings. The van der Waals surface area contributed by atoms with Gasteiger partial charge in [0.15, 0.2) is 5.82 Å². The van der Waals surface area contributed by atoms with Gasteiger partial charge in [0.25, 0.3) is 0 Å². The van der Waals surface area contributed by atoms with Gasteiger partial charge in [0.05, 0.1) is 5.69 Å². The van der Waals surface area contributed by atoms with Crippen molar-refractivity contribution in [1.82, 2.24) is 0 Å². The van der Waals surface area contributed by atoms with Crippen LogP contribution in [0, 0.1) is 11.6 Å². The Hall–Kier alpha value is -2.43. The molecule has 0 heterocycles. The molecule has 2 aromatic rings. The molecule has 0 aliphatic carbocycles. The van der Waals surface area contributed by atoms with E-state index in [1.807, 2.05) is 30.3 Å². The zero-order chi connectivity index (χ0) is 14.5. The predicted molar refractivity (Wildman–Crippen MR) is 74.2 cm³/mol. The van der Waals surface area contributed by atoms with Crippen molar-refractivity contribution >= 4 is 17.3 Å². The lowest BCUT2D eigenvalue weighted by Gasteiger charge is -2.09. The minimum absolute atomic E-state index is 0.129. The normalized spacial score (nSPS) is 10.3. The van der Waals surface area contributed by atoms with Crippen molar-refractivity contribution in [2.75, 3.05) is 11.1 Å². The first kappa shape index (κ1) is 14.0. The highest BCUT2D eigenvalue weighted by molar-refractivity contribution is 5.94. The summed E-state index contributed by atoms with van der Waals surface area (Å²) >= 11 is 0. The number of benzene rings is 2. The number of hydrogen-bond donors (Lipinski definition) is 2. The summed E-state index contributed by atoms with van der Waals surface area (Å²) < 4.78 is 26.4. The van der Waals surface area contributed by atoms with Crippen LogP contribution in [0.25, 0.3) is 0 Å². The molecule has 20 heavy (non-hydrogen) atoms. The molecule has 104 valence electrons. The first-order valence-corrected chi connectivity index (χ1v) is 6.14. The van der Waals surface area contributed by atoms with Crippen LogP contribution in [0.15, 0.2) is 42.5 Å². The number of rotatable bonds is 4. The third-order valence-electron chi connectivity index (χ3n) is 2.83. The van der Waals surface area contributed by atoms with Crippen molar-refractivity contribution < 1.29 is 13.6 Å². The number of nitrogens with two attached hydrogens (primary N) is 1. The van der Waals surface area contributed by atoms with Crippen molar-refractivity contribution in [3.63, 3.8) is 0 Å². The summed E-state index contributed by atoms with van der Waals surface area (Å²) in [7, 11) is 0. The molecule has 0 bridgehead atoms. The average molecular weight is 276 g/mol. The Morgan fingerprint density at radius 2 is 1.85 bits per heavy atom. The van der Waals surface area contributed by atoms with Gasteiger partial charge in [0, 0.05) is 12.5 Å². The van der Waals surface area contributed by atoms with E-state index in [-0.39, 0.29) is 23.7 Å². The Morgan fingerprint density at radius 1 is 1.15 bits per heavy atom. The molecule has 5 heteroatoms. The highest BCUT2D eigenvalue weighted by atomic mass is 19.1. The van der Waals surface area contributed by atoms with Crippen LogP contribution >= 0.6 is 0 Å². The number of hydrogen-bond acceptors (Lipinski definition) is 2.